The van der Waals surface area contributed by atoms with Gasteiger partial charge in [-0.05, 0) is 51.9 Å². The second-order valence-corrected chi connectivity index (χ2v) is 7.53. The van der Waals surface area contributed by atoms with Gasteiger partial charge in [0.25, 0.3) is 6.43 Å². The van der Waals surface area contributed by atoms with Gasteiger partial charge >= 0.3 is 5.97 Å². The number of nitrogens with two attached hydrogens (primary N) is 1. The molecule has 1 aromatic carbocycles. The van der Waals surface area contributed by atoms with Crippen LogP contribution in [-0.2, 0) is 14.3 Å². The molecule has 2 N–H and O–H groups in total. The summed E-state index contributed by atoms with van der Waals surface area (Å²) in [5.41, 5.74) is 6.35. The average Bonchev–Trinajstić information content (AvgIpc) is 3.07. The zero-order valence-corrected chi connectivity index (χ0v) is 17.6. The van der Waals surface area contributed by atoms with Gasteiger partial charge in [-0.1, -0.05) is 15.9 Å². The molecule has 6 nitrogen and oxygen atoms in total. The van der Waals surface area contributed by atoms with Crippen molar-refractivity contribution in [3.05, 3.63) is 27.2 Å². The molecule has 1 saturated heterocycles. The van der Waals surface area contributed by atoms with Crippen molar-refractivity contribution in [2.45, 2.75) is 45.2 Å². The van der Waals surface area contributed by atoms with Crippen molar-refractivity contribution in [3.8, 4) is 0 Å². The van der Waals surface area contributed by atoms with Gasteiger partial charge in [-0.3, -0.25) is 14.7 Å². The molecule has 0 spiro atoms. The monoisotopic (exact) mass is 459 g/mol. The highest BCUT2D eigenvalue weighted by Crippen LogP contribution is 2.33. The molecule has 154 valence electrons. The zero-order chi connectivity index (χ0) is 21.0. The van der Waals surface area contributed by atoms with Crippen LogP contribution in [-0.4, -0.2) is 55.2 Å². The van der Waals surface area contributed by atoms with Crippen molar-refractivity contribution in [2.24, 2.45) is 4.99 Å². The molecule has 1 heterocycles. The predicted molar refractivity (Wildman–Crippen MR) is 107 cm³/mol. The topological polar surface area (TPSA) is 85.0 Å². The average molecular weight is 460 g/mol. The highest BCUT2D eigenvalue weighted by molar-refractivity contribution is 9.10. The lowest BCUT2D eigenvalue weighted by Crippen LogP contribution is -2.43. The van der Waals surface area contributed by atoms with Gasteiger partial charge in [-0.25, -0.2) is 13.6 Å². The first-order valence-electron chi connectivity index (χ1n) is 8.99. The Labute approximate surface area is 171 Å². The fourth-order valence-electron chi connectivity index (χ4n) is 3.21. The third kappa shape index (κ3) is 4.75. The molecular weight excluding hydrogens is 436 g/mol. The van der Waals surface area contributed by atoms with Crippen LogP contribution in [0.1, 0.15) is 42.9 Å². The summed E-state index contributed by atoms with van der Waals surface area (Å²) in [5.74, 6) is -1.20. The molecule has 0 aromatic heterocycles. The number of anilines is 1. The molecule has 0 aliphatic carbocycles. The van der Waals surface area contributed by atoms with E-state index < -0.39 is 30.3 Å². The van der Waals surface area contributed by atoms with Crippen molar-refractivity contribution >= 4 is 39.6 Å². The molecule has 0 bridgehead atoms. The molecular formula is C19H24BrF2N3O3. The Bertz CT molecular complexity index is 786. The smallest absolute Gasteiger partial charge is 0.338 e. The van der Waals surface area contributed by atoms with Crippen LogP contribution in [0, 0.1) is 6.92 Å². The molecule has 0 radical (unpaired) electrons. The van der Waals surface area contributed by atoms with E-state index in [9.17, 15) is 18.4 Å². The first-order chi connectivity index (χ1) is 13.2. The molecule has 0 saturated carbocycles. The highest BCUT2D eigenvalue weighted by atomic mass is 79.9. The van der Waals surface area contributed by atoms with Crippen molar-refractivity contribution in [1.82, 2.24) is 4.90 Å². The fraction of sp³-hybridized carbons (Fsp3) is 0.526. The van der Waals surface area contributed by atoms with E-state index in [0.29, 0.717) is 16.5 Å². The van der Waals surface area contributed by atoms with Crippen molar-refractivity contribution < 1.29 is 23.1 Å². The number of hydrogen-bond acceptors (Lipinski definition) is 6. The number of Topliss-reactive ketones (excluding diaryl/α,β-unsaturated/α-hetero) is 1. The molecule has 1 aliphatic heterocycles. The molecule has 2 rings (SSSR count). The molecule has 1 aromatic rings. The SMILES string of the molecule is CCOC(=O)C(N=Cc1c(C(F)F)cc(Br)c(C)c1N)C(=O)C1CCCN1C. The van der Waals surface area contributed by atoms with Crippen LogP contribution in [0.15, 0.2) is 15.5 Å². The zero-order valence-electron chi connectivity index (χ0n) is 16.0. The number of carbonyl (C=O) groups is 2. The summed E-state index contributed by atoms with van der Waals surface area (Å²) in [7, 11) is 1.80. The van der Waals surface area contributed by atoms with Crippen LogP contribution in [0.25, 0.3) is 0 Å². The highest BCUT2D eigenvalue weighted by Gasteiger charge is 2.37. The Morgan fingerprint density at radius 2 is 2.18 bits per heavy atom. The number of esters is 1. The maximum atomic E-state index is 13.5. The van der Waals surface area contributed by atoms with E-state index in [1.54, 1.807) is 20.9 Å². The number of ether oxygens (including phenoxy) is 1. The maximum Gasteiger partial charge on any atom is 0.338 e. The Morgan fingerprint density at radius 1 is 1.50 bits per heavy atom. The fourth-order valence-corrected chi connectivity index (χ4v) is 3.67. The van der Waals surface area contributed by atoms with E-state index in [0.717, 1.165) is 19.2 Å². The van der Waals surface area contributed by atoms with Gasteiger partial charge in [-0.2, -0.15) is 0 Å². The number of ketones is 1. The normalized spacial score (nSPS) is 18.8. The summed E-state index contributed by atoms with van der Waals surface area (Å²) in [4.78, 5) is 31.1. The van der Waals surface area contributed by atoms with E-state index in [4.69, 9.17) is 10.5 Å². The summed E-state index contributed by atoms with van der Waals surface area (Å²) in [6, 6.07) is -0.603. The van der Waals surface area contributed by atoms with Crippen LogP contribution in [0.3, 0.4) is 0 Å². The van der Waals surface area contributed by atoms with Gasteiger partial charge in [0.1, 0.15) is 0 Å². The van der Waals surface area contributed by atoms with Gasteiger partial charge in [0.05, 0.1) is 12.6 Å². The Balaban J connectivity index is 2.44. The lowest BCUT2D eigenvalue weighted by atomic mass is 10.0. The summed E-state index contributed by atoms with van der Waals surface area (Å²) >= 11 is 3.21. The number of halogens is 3. The number of alkyl halides is 2. The van der Waals surface area contributed by atoms with Crippen LogP contribution >= 0.6 is 15.9 Å². The molecule has 1 fully saturated rings. The third-order valence-corrected chi connectivity index (χ3v) is 5.69. The maximum absolute atomic E-state index is 13.5. The van der Waals surface area contributed by atoms with Crippen molar-refractivity contribution in [1.29, 1.82) is 0 Å². The van der Waals surface area contributed by atoms with Crippen LogP contribution in [0.5, 0.6) is 0 Å². The van der Waals surface area contributed by atoms with Crippen LogP contribution < -0.4 is 5.73 Å². The van der Waals surface area contributed by atoms with Crippen molar-refractivity contribution in [2.75, 3.05) is 25.9 Å². The van der Waals surface area contributed by atoms with E-state index in [2.05, 4.69) is 20.9 Å². The number of likely N-dealkylation sites (N-methyl/N-ethyl adjacent to an activating group) is 1. The third-order valence-electron chi connectivity index (χ3n) is 4.86. The van der Waals surface area contributed by atoms with Crippen molar-refractivity contribution in [3.63, 3.8) is 0 Å². The number of hydrogen-bond donors (Lipinski definition) is 1. The first kappa shape index (κ1) is 22.4. The summed E-state index contributed by atoms with van der Waals surface area (Å²) < 4.78 is 32.4. The largest absolute Gasteiger partial charge is 0.464 e. The molecule has 28 heavy (non-hydrogen) atoms. The van der Waals surface area contributed by atoms with E-state index in [1.807, 2.05) is 4.90 Å². The number of nitrogen functional groups attached to an aromatic ring is 1. The predicted octanol–water partition coefficient (Wildman–Crippen LogP) is 3.29. The van der Waals surface area contributed by atoms with Gasteiger partial charge in [-0.15, -0.1) is 0 Å². The summed E-state index contributed by atoms with van der Waals surface area (Å²) in [5, 5.41) is 0. The number of likely N-dealkylation sites (tertiary alicyclic amines) is 1. The minimum absolute atomic E-state index is 0.00225. The Kier molecular flexibility index (Phi) is 7.65. The first-order valence-corrected chi connectivity index (χ1v) is 9.78. The molecule has 2 unspecified atom stereocenters. The van der Waals surface area contributed by atoms with Crippen LogP contribution in [0.4, 0.5) is 14.5 Å². The van der Waals surface area contributed by atoms with Gasteiger partial charge in [0.15, 0.2) is 5.78 Å². The number of benzene rings is 1. The number of carbonyl (C=O) groups excluding carboxylic acids is 2. The number of aliphatic imine (C=N–C) groups is 1. The van der Waals surface area contributed by atoms with Gasteiger partial charge in [0.2, 0.25) is 6.04 Å². The quantitative estimate of drug-likeness (QED) is 0.292. The van der Waals surface area contributed by atoms with E-state index >= 15 is 0 Å². The molecule has 0 amide bonds. The lowest BCUT2D eigenvalue weighted by Gasteiger charge is -2.21. The minimum Gasteiger partial charge on any atom is -0.464 e. The second kappa shape index (κ2) is 9.56. The van der Waals surface area contributed by atoms with Crippen LogP contribution in [0.2, 0.25) is 0 Å². The number of nitrogens with zero attached hydrogens (tertiary/aromatic N) is 2. The number of rotatable bonds is 7. The molecule has 2 atom stereocenters. The van der Waals surface area contributed by atoms with Gasteiger partial charge in [0, 0.05) is 27.5 Å². The lowest BCUT2D eigenvalue weighted by molar-refractivity contribution is -0.148. The standard InChI is InChI=1S/C19H24BrF2N3O3/c1-4-28-19(27)16(17(26)14-6-5-7-25(14)3)24-9-12-11(18(21)22)8-13(20)10(2)15(12)23/h8-9,14,16,18H,4-7,23H2,1-3H3. The van der Waals surface area contributed by atoms with E-state index in [1.165, 1.54) is 6.07 Å². The summed E-state index contributed by atoms with van der Waals surface area (Å²) in [6.07, 6.45) is -0.258. The Hall–Kier alpha value is -1.87. The molecule has 1 aliphatic rings. The minimum atomic E-state index is -2.79. The van der Waals surface area contributed by atoms with E-state index in [-0.39, 0.29) is 23.4 Å². The Morgan fingerprint density at radius 3 is 2.71 bits per heavy atom. The summed E-state index contributed by atoms with van der Waals surface area (Å²) in [6.45, 7) is 4.12. The molecule has 9 heteroatoms. The second-order valence-electron chi connectivity index (χ2n) is 6.67. The van der Waals surface area contributed by atoms with Gasteiger partial charge < -0.3 is 10.5 Å².